The highest BCUT2D eigenvalue weighted by atomic mass is 35.5. The molecule has 0 saturated heterocycles. The van der Waals surface area contributed by atoms with Crippen LogP contribution in [0, 0.1) is 5.92 Å². The van der Waals surface area contributed by atoms with Crippen LogP contribution in [0.3, 0.4) is 0 Å². The lowest BCUT2D eigenvalue weighted by Gasteiger charge is -2.09. The Kier molecular flexibility index (Phi) is 5.72. The summed E-state index contributed by atoms with van der Waals surface area (Å²) in [6.45, 7) is 1.38. The van der Waals surface area contributed by atoms with Crippen LogP contribution in [-0.2, 0) is 14.3 Å². The Bertz CT molecular complexity index is 168. The van der Waals surface area contributed by atoms with Crippen molar-refractivity contribution in [1.29, 1.82) is 0 Å². The Morgan fingerprint density at radius 3 is 2.42 bits per heavy atom. The van der Waals surface area contributed by atoms with E-state index in [1.165, 1.54) is 14.0 Å². The molecule has 0 spiro atoms. The summed E-state index contributed by atoms with van der Waals surface area (Å²) in [6.07, 6.45) is 1.13. The topological polar surface area (TPSA) is 43.4 Å². The molecule has 70 valence electrons. The summed E-state index contributed by atoms with van der Waals surface area (Å²) in [7, 11) is 1.28. The zero-order chi connectivity index (χ0) is 9.56. The van der Waals surface area contributed by atoms with Crippen molar-refractivity contribution in [3.05, 3.63) is 0 Å². The number of alkyl halides is 1. The van der Waals surface area contributed by atoms with Gasteiger partial charge in [0, 0.05) is 5.88 Å². The molecule has 0 radical (unpaired) electrons. The monoisotopic (exact) mass is 192 g/mol. The molecule has 0 N–H and O–H groups in total. The van der Waals surface area contributed by atoms with Crippen molar-refractivity contribution < 1.29 is 14.3 Å². The number of ketones is 1. The lowest BCUT2D eigenvalue weighted by Crippen LogP contribution is -2.23. The number of hydrogen-bond donors (Lipinski definition) is 0. The van der Waals surface area contributed by atoms with Crippen molar-refractivity contribution >= 4 is 23.4 Å². The zero-order valence-electron chi connectivity index (χ0n) is 7.30. The van der Waals surface area contributed by atoms with E-state index in [9.17, 15) is 9.59 Å². The number of methoxy groups -OCH3 is 1. The van der Waals surface area contributed by atoms with Crippen molar-refractivity contribution in [2.24, 2.45) is 5.92 Å². The van der Waals surface area contributed by atoms with E-state index in [0.29, 0.717) is 18.7 Å². The number of rotatable bonds is 5. The highest BCUT2D eigenvalue weighted by Crippen LogP contribution is 2.10. The molecular formula is C8H13ClO3. The number of ether oxygens (including phenoxy) is 1. The molecule has 0 bridgehead atoms. The molecule has 0 fully saturated rings. The van der Waals surface area contributed by atoms with E-state index in [1.807, 2.05) is 0 Å². The average molecular weight is 193 g/mol. The second-order valence-corrected chi connectivity index (χ2v) is 2.90. The molecule has 0 aromatic heterocycles. The van der Waals surface area contributed by atoms with Gasteiger partial charge in [0.15, 0.2) is 0 Å². The highest BCUT2D eigenvalue weighted by Gasteiger charge is 2.22. The van der Waals surface area contributed by atoms with Crippen LogP contribution in [0.25, 0.3) is 0 Å². The quantitative estimate of drug-likeness (QED) is 0.376. The Labute approximate surface area is 77.0 Å². The Morgan fingerprint density at radius 2 is 2.08 bits per heavy atom. The van der Waals surface area contributed by atoms with Gasteiger partial charge in [0.25, 0.3) is 0 Å². The molecule has 0 saturated carbocycles. The Morgan fingerprint density at radius 1 is 1.50 bits per heavy atom. The fourth-order valence-electron chi connectivity index (χ4n) is 0.911. The zero-order valence-corrected chi connectivity index (χ0v) is 8.06. The van der Waals surface area contributed by atoms with Crippen LogP contribution >= 0.6 is 11.6 Å². The molecule has 3 nitrogen and oxygen atoms in total. The predicted molar refractivity (Wildman–Crippen MR) is 46.1 cm³/mol. The maximum atomic E-state index is 11.0. The summed E-state index contributed by atoms with van der Waals surface area (Å²) < 4.78 is 4.47. The Balaban J connectivity index is 4.04. The van der Waals surface area contributed by atoms with Crippen molar-refractivity contribution in [1.82, 2.24) is 0 Å². The predicted octanol–water partition coefficient (Wildman–Crippen LogP) is 1.38. The summed E-state index contributed by atoms with van der Waals surface area (Å²) in [4.78, 5) is 21.9. The smallest absolute Gasteiger partial charge is 0.316 e. The molecule has 0 aromatic rings. The summed E-state index contributed by atoms with van der Waals surface area (Å²) >= 11 is 5.43. The van der Waals surface area contributed by atoms with Crippen LogP contribution in [0.5, 0.6) is 0 Å². The van der Waals surface area contributed by atoms with E-state index < -0.39 is 11.9 Å². The molecule has 0 heterocycles. The van der Waals surface area contributed by atoms with Crippen LogP contribution in [0.2, 0.25) is 0 Å². The van der Waals surface area contributed by atoms with Crippen molar-refractivity contribution in [2.45, 2.75) is 19.8 Å². The summed E-state index contributed by atoms with van der Waals surface area (Å²) in [5, 5.41) is 0. The van der Waals surface area contributed by atoms with Gasteiger partial charge in [0.05, 0.1) is 7.11 Å². The van der Waals surface area contributed by atoms with Crippen LogP contribution in [0.15, 0.2) is 0 Å². The third kappa shape index (κ3) is 3.72. The van der Waals surface area contributed by atoms with E-state index >= 15 is 0 Å². The Hall–Kier alpha value is -0.570. The third-order valence-corrected chi connectivity index (χ3v) is 1.87. The first-order valence-corrected chi connectivity index (χ1v) is 4.31. The average Bonchev–Trinajstić information content (AvgIpc) is 2.04. The van der Waals surface area contributed by atoms with Gasteiger partial charge in [-0.05, 0) is 19.8 Å². The summed E-state index contributed by atoms with van der Waals surface area (Å²) in [6, 6.07) is 0. The molecular weight excluding hydrogens is 180 g/mol. The van der Waals surface area contributed by atoms with Crippen molar-refractivity contribution in [3.63, 3.8) is 0 Å². The molecule has 0 rings (SSSR count). The number of halogens is 1. The van der Waals surface area contributed by atoms with Crippen LogP contribution in [0.1, 0.15) is 19.8 Å². The fourth-order valence-corrected chi connectivity index (χ4v) is 1.06. The third-order valence-electron chi connectivity index (χ3n) is 1.60. The molecule has 1 unspecified atom stereocenters. The first kappa shape index (κ1) is 11.4. The number of carbonyl (C=O) groups excluding carboxylic acids is 2. The number of hydrogen-bond acceptors (Lipinski definition) is 3. The van der Waals surface area contributed by atoms with Crippen LogP contribution in [-0.4, -0.2) is 24.7 Å². The number of carbonyl (C=O) groups is 2. The molecule has 0 aliphatic rings. The minimum absolute atomic E-state index is 0.160. The normalized spacial score (nSPS) is 12.2. The largest absolute Gasteiger partial charge is 0.468 e. The minimum atomic E-state index is -0.631. The maximum absolute atomic E-state index is 11.0. The minimum Gasteiger partial charge on any atom is -0.468 e. The lowest BCUT2D eigenvalue weighted by molar-refractivity contribution is -0.149. The first-order chi connectivity index (χ1) is 5.63. The molecule has 0 amide bonds. The van der Waals surface area contributed by atoms with Gasteiger partial charge in [-0.1, -0.05) is 0 Å². The van der Waals surface area contributed by atoms with Gasteiger partial charge in [-0.15, -0.1) is 11.6 Å². The van der Waals surface area contributed by atoms with Gasteiger partial charge in [-0.25, -0.2) is 0 Å². The molecule has 0 aliphatic carbocycles. The molecule has 4 heteroatoms. The second-order valence-electron chi connectivity index (χ2n) is 2.52. The molecule has 0 aliphatic heterocycles. The first-order valence-electron chi connectivity index (χ1n) is 3.77. The van der Waals surface area contributed by atoms with E-state index in [0.717, 1.165) is 0 Å². The number of Topliss-reactive ketones (excluding diaryl/α,β-unsaturated/α-hetero) is 1. The van der Waals surface area contributed by atoms with Gasteiger partial charge in [-0.2, -0.15) is 0 Å². The van der Waals surface area contributed by atoms with E-state index in [1.54, 1.807) is 0 Å². The highest BCUT2D eigenvalue weighted by molar-refractivity contribution is 6.17. The van der Waals surface area contributed by atoms with Gasteiger partial charge >= 0.3 is 5.97 Å². The van der Waals surface area contributed by atoms with E-state index in [4.69, 9.17) is 11.6 Å². The summed E-state index contributed by atoms with van der Waals surface area (Å²) in [5.41, 5.74) is 0. The van der Waals surface area contributed by atoms with E-state index in [2.05, 4.69) is 4.74 Å². The SMILES string of the molecule is COC(=O)C(CCCCl)C(C)=O. The van der Waals surface area contributed by atoms with Gasteiger partial charge in [0.2, 0.25) is 0 Å². The maximum Gasteiger partial charge on any atom is 0.316 e. The van der Waals surface area contributed by atoms with Crippen molar-refractivity contribution in [3.8, 4) is 0 Å². The van der Waals surface area contributed by atoms with Gasteiger partial charge in [0.1, 0.15) is 11.7 Å². The molecule has 1 atom stereocenters. The number of esters is 1. The van der Waals surface area contributed by atoms with E-state index in [-0.39, 0.29) is 5.78 Å². The fraction of sp³-hybridized carbons (Fsp3) is 0.750. The van der Waals surface area contributed by atoms with Gasteiger partial charge in [-0.3, -0.25) is 9.59 Å². The van der Waals surface area contributed by atoms with Gasteiger partial charge < -0.3 is 4.74 Å². The second kappa shape index (κ2) is 6.00. The van der Waals surface area contributed by atoms with Crippen molar-refractivity contribution in [2.75, 3.05) is 13.0 Å². The van der Waals surface area contributed by atoms with Crippen LogP contribution in [0.4, 0.5) is 0 Å². The van der Waals surface area contributed by atoms with Crippen LogP contribution < -0.4 is 0 Å². The lowest BCUT2D eigenvalue weighted by atomic mass is 10.00. The molecule has 12 heavy (non-hydrogen) atoms. The summed E-state index contributed by atoms with van der Waals surface area (Å²) in [5.74, 6) is -0.797. The molecule has 0 aromatic carbocycles. The standard InChI is InChI=1S/C8H13ClO3/c1-6(10)7(4-3-5-9)8(11)12-2/h7H,3-5H2,1-2H3.